The molecule has 0 radical (unpaired) electrons. The van der Waals surface area contributed by atoms with E-state index < -0.39 is 5.41 Å². The molecule has 0 bridgehead atoms. The quantitative estimate of drug-likeness (QED) is 0.317. The number of oxime groups is 1. The van der Waals surface area contributed by atoms with Crippen LogP contribution in [0.25, 0.3) is 0 Å². The van der Waals surface area contributed by atoms with Gasteiger partial charge in [-0.1, -0.05) is 17.3 Å². The zero-order chi connectivity index (χ0) is 13.9. The standard InChI is InChI=1S/C13H17N3O3/c1-19-10-4-2-3-9(7-10)8-15-12(17)13(5-6-13)11(14)16-18/h2-4,7,18H,5-6,8H2,1H3,(H2,14,16)(H,15,17). The lowest BCUT2D eigenvalue weighted by Crippen LogP contribution is -2.40. The maximum Gasteiger partial charge on any atom is 0.234 e. The highest BCUT2D eigenvalue weighted by atomic mass is 16.5. The normalized spacial score (nSPS) is 16.8. The van der Waals surface area contributed by atoms with E-state index in [9.17, 15) is 4.79 Å². The van der Waals surface area contributed by atoms with Crippen molar-refractivity contribution in [1.82, 2.24) is 5.32 Å². The minimum absolute atomic E-state index is 0.0179. The Hall–Kier alpha value is -2.24. The number of benzene rings is 1. The zero-order valence-corrected chi connectivity index (χ0v) is 10.7. The largest absolute Gasteiger partial charge is 0.497 e. The van der Waals surface area contributed by atoms with Crippen LogP contribution in [0.1, 0.15) is 18.4 Å². The highest BCUT2D eigenvalue weighted by molar-refractivity contribution is 6.09. The van der Waals surface area contributed by atoms with Crippen LogP contribution in [0.5, 0.6) is 5.75 Å². The van der Waals surface area contributed by atoms with Crippen LogP contribution in [0.2, 0.25) is 0 Å². The number of amides is 1. The maximum atomic E-state index is 12.0. The van der Waals surface area contributed by atoms with Crippen molar-refractivity contribution in [2.75, 3.05) is 7.11 Å². The van der Waals surface area contributed by atoms with Gasteiger partial charge < -0.3 is 21.0 Å². The highest BCUT2D eigenvalue weighted by Crippen LogP contribution is 2.46. The first-order valence-corrected chi connectivity index (χ1v) is 6.01. The SMILES string of the molecule is COc1cccc(CNC(=O)C2(/C(N)=N/O)CC2)c1. The molecule has 1 fully saturated rings. The van der Waals surface area contributed by atoms with Gasteiger partial charge >= 0.3 is 0 Å². The molecule has 0 atom stereocenters. The lowest BCUT2D eigenvalue weighted by Gasteiger charge is -2.13. The summed E-state index contributed by atoms with van der Waals surface area (Å²) in [5.74, 6) is 0.519. The van der Waals surface area contributed by atoms with E-state index in [4.69, 9.17) is 15.7 Å². The summed E-state index contributed by atoms with van der Waals surface area (Å²) >= 11 is 0. The third-order valence-electron chi connectivity index (χ3n) is 3.37. The van der Waals surface area contributed by atoms with Gasteiger partial charge in [-0.2, -0.15) is 0 Å². The number of nitrogens with one attached hydrogen (secondary N) is 1. The van der Waals surface area contributed by atoms with E-state index >= 15 is 0 Å². The van der Waals surface area contributed by atoms with Gasteiger partial charge in [0.15, 0.2) is 5.84 Å². The van der Waals surface area contributed by atoms with E-state index in [-0.39, 0.29) is 11.7 Å². The van der Waals surface area contributed by atoms with Crippen LogP contribution in [0, 0.1) is 5.41 Å². The number of hydrogen-bond donors (Lipinski definition) is 3. The van der Waals surface area contributed by atoms with E-state index in [0.29, 0.717) is 19.4 Å². The van der Waals surface area contributed by atoms with Gasteiger partial charge in [-0.3, -0.25) is 4.79 Å². The zero-order valence-electron chi connectivity index (χ0n) is 10.7. The third kappa shape index (κ3) is 2.62. The van der Waals surface area contributed by atoms with E-state index in [1.165, 1.54) is 0 Å². The summed E-state index contributed by atoms with van der Waals surface area (Å²) in [7, 11) is 1.59. The molecule has 1 aromatic carbocycles. The first-order valence-electron chi connectivity index (χ1n) is 6.01. The number of ether oxygens (including phenoxy) is 1. The molecule has 0 aliphatic heterocycles. The molecule has 102 valence electrons. The first-order chi connectivity index (χ1) is 9.12. The molecule has 1 aliphatic rings. The number of methoxy groups -OCH3 is 1. The molecule has 6 nitrogen and oxygen atoms in total. The van der Waals surface area contributed by atoms with E-state index in [2.05, 4.69) is 10.5 Å². The fourth-order valence-electron chi connectivity index (χ4n) is 1.95. The van der Waals surface area contributed by atoms with Gasteiger partial charge in [0, 0.05) is 6.54 Å². The Kier molecular flexibility index (Phi) is 3.59. The predicted molar refractivity (Wildman–Crippen MR) is 69.9 cm³/mol. The first kappa shape index (κ1) is 13.2. The van der Waals surface area contributed by atoms with E-state index in [1.54, 1.807) is 7.11 Å². The molecule has 0 aromatic heterocycles. The van der Waals surface area contributed by atoms with Crippen molar-refractivity contribution in [1.29, 1.82) is 0 Å². The molecule has 1 aliphatic carbocycles. The number of amidine groups is 1. The molecule has 1 aromatic rings. The molecule has 0 heterocycles. The molecule has 1 saturated carbocycles. The molecule has 0 saturated heterocycles. The fourth-order valence-corrected chi connectivity index (χ4v) is 1.95. The number of carbonyl (C=O) groups is 1. The maximum absolute atomic E-state index is 12.0. The Balaban J connectivity index is 1.97. The molecule has 4 N–H and O–H groups in total. The topological polar surface area (TPSA) is 96.9 Å². The van der Waals surface area contributed by atoms with Gasteiger partial charge in [0.2, 0.25) is 5.91 Å². The van der Waals surface area contributed by atoms with E-state index in [1.807, 2.05) is 24.3 Å². The molecule has 0 unspecified atom stereocenters. The lowest BCUT2D eigenvalue weighted by molar-refractivity contribution is -0.124. The second-order valence-electron chi connectivity index (χ2n) is 4.60. The monoisotopic (exact) mass is 263 g/mol. The van der Waals surface area contributed by atoms with Crippen molar-refractivity contribution in [2.24, 2.45) is 16.3 Å². The van der Waals surface area contributed by atoms with Gasteiger partial charge in [-0.05, 0) is 30.5 Å². The van der Waals surface area contributed by atoms with Crippen LogP contribution in [0.4, 0.5) is 0 Å². The smallest absolute Gasteiger partial charge is 0.234 e. The van der Waals surface area contributed by atoms with Crippen LogP contribution in [0.15, 0.2) is 29.4 Å². The van der Waals surface area contributed by atoms with Crippen molar-refractivity contribution in [3.05, 3.63) is 29.8 Å². The minimum atomic E-state index is -0.812. The van der Waals surface area contributed by atoms with Crippen LogP contribution in [0.3, 0.4) is 0 Å². The van der Waals surface area contributed by atoms with Crippen LogP contribution in [-0.2, 0) is 11.3 Å². The van der Waals surface area contributed by atoms with Crippen molar-refractivity contribution < 1.29 is 14.7 Å². The number of nitrogens with two attached hydrogens (primary N) is 1. The molecule has 6 heteroatoms. The molecule has 1 amide bonds. The molecule has 2 rings (SSSR count). The molecular weight excluding hydrogens is 246 g/mol. The molecular formula is C13H17N3O3. The Morgan fingerprint density at radius 2 is 2.32 bits per heavy atom. The predicted octanol–water partition coefficient (Wildman–Crippen LogP) is 0.838. The second kappa shape index (κ2) is 5.17. The summed E-state index contributed by atoms with van der Waals surface area (Å²) in [5.41, 5.74) is 5.67. The Bertz CT molecular complexity index is 510. The van der Waals surface area contributed by atoms with Gasteiger partial charge in [0.1, 0.15) is 11.2 Å². The summed E-state index contributed by atoms with van der Waals surface area (Å²) in [5, 5.41) is 14.4. The van der Waals surface area contributed by atoms with Crippen LogP contribution >= 0.6 is 0 Å². The van der Waals surface area contributed by atoms with Crippen molar-refractivity contribution >= 4 is 11.7 Å². The van der Waals surface area contributed by atoms with Crippen LogP contribution < -0.4 is 15.8 Å². The summed E-state index contributed by atoms with van der Waals surface area (Å²) in [6.07, 6.45) is 1.24. The lowest BCUT2D eigenvalue weighted by atomic mass is 10.1. The van der Waals surface area contributed by atoms with Crippen molar-refractivity contribution in [2.45, 2.75) is 19.4 Å². The number of nitrogens with zero attached hydrogens (tertiary/aromatic N) is 1. The summed E-state index contributed by atoms with van der Waals surface area (Å²) in [4.78, 5) is 12.0. The Labute approximate surface area is 111 Å². The second-order valence-corrected chi connectivity index (χ2v) is 4.60. The average molecular weight is 263 g/mol. The van der Waals surface area contributed by atoms with Gasteiger partial charge in [-0.15, -0.1) is 0 Å². The Morgan fingerprint density at radius 1 is 1.58 bits per heavy atom. The van der Waals surface area contributed by atoms with Gasteiger partial charge in [0.25, 0.3) is 0 Å². The van der Waals surface area contributed by atoms with E-state index in [0.717, 1.165) is 11.3 Å². The van der Waals surface area contributed by atoms with Crippen molar-refractivity contribution in [3.63, 3.8) is 0 Å². The summed E-state index contributed by atoms with van der Waals surface area (Å²) < 4.78 is 5.11. The highest BCUT2D eigenvalue weighted by Gasteiger charge is 2.54. The summed E-state index contributed by atoms with van der Waals surface area (Å²) in [6, 6.07) is 7.44. The van der Waals surface area contributed by atoms with Gasteiger partial charge in [0.05, 0.1) is 7.11 Å². The minimum Gasteiger partial charge on any atom is -0.497 e. The molecule has 19 heavy (non-hydrogen) atoms. The van der Waals surface area contributed by atoms with Gasteiger partial charge in [-0.25, -0.2) is 0 Å². The molecule has 0 spiro atoms. The number of hydrogen-bond acceptors (Lipinski definition) is 4. The average Bonchev–Trinajstić information content (AvgIpc) is 3.25. The van der Waals surface area contributed by atoms with Crippen molar-refractivity contribution in [3.8, 4) is 5.75 Å². The number of carbonyl (C=O) groups excluding carboxylic acids is 1. The summed E-state index contributed by atoms with van der Waals surface area (Å²) in [6.45, 7) is 0.385. The number of rotatable bonds is 5. The fraction of sp³-hybridized carbons (Fsp3) is 0.385. The van der Waals surface area contributed by atoms with Crippen LogP contribution in [-0.4, -0.2) is 24.1 Å². The Morgan fingerprint density at radius 3 is 2.89 bits per heavy atom. The third-order valence-corrected chi connectivity index (χ3v) is 3.37.